The predicted octanol–water partition coefficient (Wildman–Crippen LogP) is 8.88. The minimum absolute atomic E-state index is 0.324. The molecule has 0 heterocycles. The highest BCUT2D eigenvalue weighted by molar-refractivity contribution is 5.81. The van der Waals surface area contributed by atoms with Crippen molar-refractivity contribution in [3.05, 3.63) is 0 Å². The Labute approximate surface area is 211 Å². The standard InChI is InChI=1S/C29H57NO4/c1-4-7-9-11-12-13-14-15-16-17-18-19-20-21-23-26-33-28(31)27(24-22-10-8-5-2)30-29(32)34-25-6-3/h27H,4-26H2,1-3H3,(H,30,32). The third-order valence-corrected chi connectivity index (χ3v) is 6.35. The van der Waals surface area contributed by atoms with Crippen molar-refractivity contribution in [3.8, 4) is 0 Å². The van der Waals surface area contributed by atoms with Gasteiger partial charge in [-0.15, -0.1) is 0 Å². The van der Waals surface area contributed by atoms with Crippen LogP contribution in [0.4, 0.5) is 4.79 Å². The fourth-order valence-electron chi connectivity index (χ4n) is 4.15. The Morgan fingerprint density at radius 1 is 0.529 bits per heavy atom. The molecule has 5 nitrogen and oxygen atoms in total. The number of esters is 1. The zero-order valence-corrected chi connectivity index (χ0v) is 23.0. The number of carbonyl (C=O) groups excluding carboxylic acids is 2. The van der Waals surface area contributed by atoms with Crippen LogP contribution >= 0.6 is 0 Å². The van der Waals surface area contributed by atoms with Crippen LogP contribution in [0.1, 0.15) is 156 Å². The van der Waals surface area contributed by atoms with Crippen molar-refractivity contribution < 1.29 is 19.1 Å². The summed E-state index contributed by atoms with van der Waals surface area (Å²) in [4.78, 5) is 24.4. The number of unbranched alkanes of at least 4 members (excludes halogenated alkanes) is 17. The molecule has 0 bridgehead atoms. The smallest absolute Gasteiger partial charge is 0.407 e. The SMILES string of the molecule is CCCCCCCCCCCCCCCCCOC(=O)C(CCCCCC)NC(=O)OCCC. The van der Waals surface area contributed by atoms with Gasteiger partial charge in [0.15, 0.2) is 0 Å². The Morgan fingerprint density at radius 3 is 1.44 bits per heavy atom. The van der Waals surface area contributed by atoms with Crippen molar-refractivity contribution in [3.63, 3.8) is 0 Å². The lowest BCUT2D eigenvalue weighted by Crippen LogP contribution is -2.42. The van der Waals surface area contributed by atoms with E-state index in [1.165, 1.54) is 83.5 Å². The van der Waals surface area contributed by atoms with E-state index in [1.807, 2.05) is 6.92 Å². The molecular formula is C29H57NO4. The van der Waals surface area contributed by atoms with E-state index in [0.29, 0.717) is 19.6 Å². The largest absolute Gasteiger partial charge is 0.464 e. The number of amides is 1. The first-order valence-corrected chi connectivity index (χ1v) is 14.8. The molecule has 0 saturated heterocycles. The maximum Gasteiger partial charge on any atom is 0.407 e. The summed E-state index contributed by atoms with van der Waals surface area (Å²) in [5.74, 6) is -0.324. The molecule has 1 amide bonds. The highest BCUT2D eigenvalue weighted by Gasteiger charge is 2.22. The van der Waals surface area contributed by atoms with Crippen LogP contribution in [0.15, 0.2) is 0 Å². The first kappa shape index (κ1) is 32.7. The first-order valence-electron chi connectivity index (χ1n) is 14.8. The Bertz CT molecular complexity index is 455. The fourth-order valence-corrected chi connectivity index (χ4v) is 4.15. The second-order valence-electron chi connectivity index (χ2n) is 9.80. The summed E-state index contributed by atoms with van der Waals surface area (Å²) < 4.78 is 10.5. The van der Waals surface area contributed by atoms with E-state index in [-0.39, 0.29) is 5.97 Å². The van der Waals surface area contributed by atoms with E-state index in [0.717, 1.165) is 44.9 Å². The molecule has 0 aromatic carbocycles. The van der Waals surface area contributed by atoms with Crippen LogP contribution in [-0.4, -0.2) is 31.3 Å². The first-order chi connectivity index (χ1) is 16.7. The van der Waals surface area contributed by atoms with Gasteiger partial charge in [0, 0.05) is 0 Å². The van der Waals surface area contributed by atoms with Gasteiger partial charge in [-0.1, -0.05) is 136 Å². The summed E-state index contributed by atoms with van der Waals surface area (Å²) in [5, 5.41) is 2.70. The Morgan fingerprint density at radius 2 is 0.971 bits per heavy atom. The van der Waals surface area contributed by atoms with Crippen LogP contribution in [0.5, 0.6) is 0 Å². The van der Waals surface area contributed by atoms with Gasteiger partial charge >= 0.3 is 12.1 Å². The lowest BCUT2D eigenvalue weighted by molar-refractivity contribution is -0.146. The minimum atomic E-state index is -0.599. The van der Waals surface area contributed by atoms with E-state index < -0.39 is 12.1 Å². The predicted molar refractivity (Wildman–Crippen MR) is 143 cm³/mol. The molecule has 0 aliphatic carbocycles. The van der Waals surface area contributed by atoms with Crippen molar-refractivity contribution in [1.29, 1.82) is 0 Å². The fraction of sp³-hybridized carbons (Fsp3) is 0.931. The van der Waals surface area contributed by atoms with Crippen molar-refractivity contribution in [2.45, 2.75) is 162 Å². The van der Waals surface area contributed by atoms with Gasteiger partial charge in [0.1, 0.15) is 6.04 Å². The second kappa shape index (κ2) is 26.3. The third kappa shape index (κ3) is 22.5. The summed E-state index contributed by atoms with van der Waals surface area (Å²) in [6.45, 7) is 7.18. The highest BCUT2D eigenvalue weighted by Crippen LogP contribution is 2.13. The summed E-state index contributed by atoms with van der Waals surface area (Å²) in [5.41, 5.74) is 0. The maximum absolute atomic E-state index is 12.5. The molecule has 0 aromatic rings. The molecule has 0 aliphatic heterocycles. The molecule has 0 spiro atoms. The number of hydrogen-bond acceptors (Lipinski definition) is 4. The molecule has 1 N–H and O–H groups in total. The molecular weight excluding hydrogens is 426 g/mol. The number of ether oxygens (including phenoxy) is 2. The number of alkyl carbamates (subject to hydrolysis) is 1. The summed E-state index contributed by atoms with van der Waals surface area (Å²) in [6.07, 6.45) is 24.8. The van der Waals surface area contributed by atoms with Crippen LogP contribution in [0, 0.1) is 0 Å². The van der Waals surface area contributed by atoms with Gasteiger partial charge in [-0.25, -0.2) is 9.59 Å². The van der Waals surface area contributed by atoms with Crippen molar-refractivity contribution >= 4 is 12.1 Å². The van der Waals surface area contributed by atoms with E-state index in [1.54, 1.807) is 0 Å². The molecule has 1 unspecified atom stereocenters. The molecule has 5 heteroatoms. The van der Waals surface area contributed by atoms with Crippen molar-refractivity contribution in [2.75, 3.05) is 13.2 Å². The van der Waals surface area contributed by atoms with Gasteiger partial charge < -0.3 is 14.8 Å². The van der Waals surface area contributed by atoms with Crippen LogP contribution in [0.3, 0.4) is 0 Å². The zero-order valence-electron chi connectivity index (χ0n) is 23.0. The summed E-state index contributed by atoms with van der Waals surface area (Å²) in [7, 11) is 0. The molecule has 0 fully saturated rings. The quantitative estimate of drug-likeness (QED) is 0.104. The molecule has 0 aliphatic rings. The van der Waals surface area contributed by atoms with Crippen LogP contribution in [0.2, 0.25) is 0 Å². The topological polar surface area (TPSA) is 64.6 Å². The monoisotopic (exact) mass is 483 g/mol. The highest BCUT2D eigenvalue weighted by atomic mass is 16.6. The minimum Gasteiger partial charge on any atom is -0.464 e. The van der Waals surface area contributed by atoms with Crippen LogP contribution in [-0.2, 0) is 14.3 Å². The molecule has 0 saturated carbocycles. The van der Waals surface area contributed by atoms with Gasteiger partial charge in [0.05, 0.1) is 13.2 Å². The Balaban J connectivity index is 3.74. The molecule has 0 aromatic heterocycles. The number of nitrogens with one attached hydrogen (secondary N) is 1. The Kier molecular flexibility index (Phi) is 25.4. The van der Waals surface area contributed by atoms with Crippen molar-refractivity contribution in [1.82, 2.24) is 5.32 Å². The maximum atomic E-state index is 12.5. The van der Waals surface area contributed by atoms with Gasteiger partial charge in [0.2, 0.25) is 0 Å². The normalized spacial score (nSPS) is 11.9. The van der Waals surface area contributed by atoms with E-state index in [2.05, 4.69) is 19.2 Å². The average molecular weight is 484 g/mol. The summed E-state index contributed by atoms with van der Waals surface area (Å²) in [6, 6.07) is -0.599. The third-order valence-electron chi connectivity index (χ3n) is 6.35. The lowest BCUT2D eigenvalue weighted by Gasteiger charge is -2.17. The number of rotatable bonds is 25. The van der Waals surface area contributed by atoms with Gasteiger partial charge in [-0.3, -0.25) is 0 Å². The molecule has 1 atom stereocenters. The Hall–Kier alpha value is -1.26. The molecule has 0 rings (SSSR count). The van der Waals surface area contributed by atoms with Gasteiger partial charge in [-0.2, -0.15) is 0 Å². The molecule has 202 valence electrons. The van der Waals surface area contributed by atoms with E-state index in [9.17, 15) is 9.59 Å². The van der Waals surface area contributed by atoms with Gasteiger partial charge in [-0.05, 0) is 19.3 Å². The van der Waals surface area contributed by atoms with Crippen LogP contribution in [0.25, 0.3) is 0 Å². The summed E-state index contributed by atoms with van der Waals surface area (Å²) >= 11 is 0. The van der Waals surface area contributed by atoms with E-state index >= 15 is 0 Å². The van der Waals surface area contributed by atoms with Gasteiger partial charge in [0.25, 0.3) is 0 Å². The van der Waals surface area contributed by atoms with Crippen LogP contribution < -0.4 is 5.32 Å². The molecule has 0 radical (unpaired) electrons. The lowest BCUT2D eigenvalue weighted by atomic mass is 10.0. The number of carbonyl (C=O) groups is 2. The zero-order chi connectivity index (χ0) is 25.1. The van der Waals surface area contributed by atoms with Crippen molar-refractivity contribution in [2.24, 2.45) is 0 Å². The second-order valence-corrected chi connectivity index (χ2v) is 9.80. The molecule has 34 heavy (non-hydrogen) atoms. The average Bonchev–Trinajstić information content (AvgIpc) is 2.84. The van der Waals surface area contributed by atoms with E-state index in [4.69, 9.17) is 9.47 Å². The number of hydrogen-bond donors (Lipinski definition) is 1.